The van der Waals surface area contributed by atoms with Gasteiger partial charge < -0.3 is 4.90 Å². The maximum absolute atomic E-state index is 12.4. The van der Waals surface area contributed by atoms with Crippen LogP contribution in [0.15, 0.2) is 87.8 Å². The quantitative estimate of drug-likeness (QED) is 0.204. The van der Waals surface area contributed by atoms with Crippen LogP contribution in [0.4, 0.5) is 5.69 Å². The number of aromatic nitrogens is 4. The molecule has 0 atom stereocenters. The molecule has 4 aromatic rings. The minimum Gasteiger partial charge on any atom is -0.378 e. The van der Waals surface area contributed by atoms with Crippen molar-refractivity contribution in [2.75, 3.05) is 24.7 Å². The third-order valence-electron chi connectivity index (χ3n) is 4.80. The highest BCUT2D eigenvalue weighted by molar-refractivity contribution is 9.10. The van der Waals surface area contributed by atoms with Crippen LogP contribution in [0.1, 0.15) is 5.56 Å². The van der Waals surface area contributed by atoms with Gasteiger partial charge in [-0.15, -0.1) is 10.2 Å². The molecule has 2 aromatic heterocycles. The summed E-state index contributed by atoms with van der Waals surface area (Å²) in [4.78, 5) is 18.5. The summed E-state index contributed by atoms with van der Waals surface area (Å²) in [5.41, 5.74) is 6.34. The lowest BCUT2D eigenvalue weighted by Gasteiger charge is -2.11. The number of carbonyl (C=O) groups is 1. The highest BCUT2D eigenvalue weighted by Crippen LogP contribution is 2.28. The molecule has 0 radical (unpaired) electrons. The Bertz CT molecular complexity index is 1270. The van der Waals surface area contributed by atoms with Gasteiger partial charge >= 0.3 is 0 Å². The Morgan fingerprint density at radius 3 is 2.44 bits per heavy atom. The number of hydrazone groups is 1. The van der Waals surface area contributed by atoms with Gasteiger partial charge in [-0.3, -0.25) is 14.3 Å². The Hall–Kier alpha value is -3.50. The summed E-state index contributed by atoms with van der Waals surface area (Å²) in [5.74, 6) is 0.579. The predicted molar refractivity (Wildman–Crippen MR) is 140 cm³/mol. The molecule has 0 aliphatic carbocycles. The van der Waals surface area contributed by atoms with Crippen LogP contribution >= 0.6 is 27.7 Å². The van der Waals surface area contributed by atoms with Gasteiger partial charge in [-0.25, -0.2) is 5.43 Å². The zero-order valence-electron chi connectivity index (χ0n) is 18.6. The molecule has 1 N–H and O–H groups in total. The van der Waals surface area contributed by atoms with E-state index in [4.69, 9.17) is 0 Å². The van der Waals surface area contributed by atoms with Crippen LogP contribution in [0.25, 0.3) is 17.1 Å². The van der Waals surface area contributed by atoms with Gasteiger partial charge in [0.15, 0.2) is 11.0 Å². The first kappa shape index (κ1) is 23.7. The van der Waals surface area contributed by atoms with Gasteiger partial charge in [-0.1, -0.05) is 39.8 Å². The van der Waals surface area contributed by atoms with Crippen LogP contribution in [-0.2, 0) is 4.79 Å². The second kappa shape index (κ2) is 11.1. The molecule has 2 heterocycles. The van der Waals surface area contributed by atoms with Crippen LogP contribution in [0.3, 0.4) is 0 Å². The summed E-state index contributed by atoms with van der Waals surface area (Å²) >= 11 is 4.76. The number of anilines is 1. The van der Waals surface area contributed by atoms with Crippen molar-refractivity contribution in [3.63, 3.8) is 0 Å². The van der Waals surface area contributed by atoms with Crippen LogP contribution in [-0.4, -0.2) is 51.7 Å². The van der Waals surface area contributed by atoms with Crippen molar-refractivity contribution in [3.8, 4) is 17.1 Å². The summed E-state index contributed by atoms with van der Waals surface area (Å²) in [6, 6.07) is 19.5. The summed E-state index contributed by atoms with van der Waals surface area (Å²) in [5, 5.41) is 13.4. The van der Waals surface area contributed by atoms with Gasteiger partial charge in [-0.2, -0.15) is 5.10 Å². The lowest BCUT2D eigenvalue weighted by atomic mass is 10.2. The number of nitrogens with zero attached hydrogens (tertiary/aromatic N) is 6. The average molecular weight is 536 g/mol. The Balaban J connectivity index is 1.45. The van der Waals surface area contributed by atoms with E-state index < -0.39 is 0 Å². The van der Waals surface area contributed by atoms with Gasteiger partial charge in [0.1, 0.15) is 0 Å². The van der Waals surface area contributed by atoms with Gasteiger partial charge in [-0.05, 0) is 54.1 Å². The highest BCUT2D eigenvalue weighted by Gasteiger charge is 2.17. The number of halogens is 1. The molecule has 0 spiro atoms. The fourth-order valence-electron chi connectivity index (χ4n) is 3.07. The molecule has 172 valence electrons. The fourth-order valence-corrected chi connectivity index (χ4v) is 4.08. The topological polar surface area (TPSA) is 88.3 Å². The van der Waals surface area contributed by atoms with Crippen molar-refractivity contribution < 1.29 is 4.79 Å². The van der Waals surface area contributed by atoms with Gasteiger partial charge in [0, 0.05) is 47.9 Å². The molecule has 8 nitrogen and oxygen atoms in total. The molecule has 0 unspecified atom stereocenters. The first-order valence-electron chi connectivity index (χ1n) is 10.3. The van der Waals surface area contributed by atoms with E-state index in [0.717, 1.165) is 27.0 Å². The number of amides is 1. The zero-order valence-corrected chi connectivity index (χ0v) is 21.0. The molecular formula is C24H22BrN7OS. The van der Waals surface area contributed by atoms with Crippen LogP contribution in [0.2, 0.25) is 0 Å². The number of hydrogen-bond donors (Lipinski definition) is 1. The minimum atomic E-state index is -0.234. The Kier molecular flexibility index (Phi) is 7.71. The first-order chi connectivity index (χ1) is 16.5. The second-order valence-corrected chi connectivity index (χ2v) is 9.28. The zero-order chi connectivity index (χ0) is 23.9. The molecule has 10 heteroatoms. The normalized spacial score (nSPS) is 11.0. The molecule has 0 saturated heterocycles. The largest absolute Gasteiger partial charge is 0.378 e. The molecule has 0 saturated carbocycles. The van der Waals surface area contributed by atoms with Crippen molar-refractivity contribution in [2.45, 2.75) is 5.16 Å². The molecule has 0 fully saturated rings. The van der Waals surface area contributed by atoms with E-state index in [9.17, 15) is 4.79 Å². The summed E-state index contributed by atoms with van der Waals surface area (Å²) in [6.07, 6.45) is 5.04. The van der Waals surface area contributed by atoms with Gasteiger partial charge in [0.2, 0.25) is 0 Å². The number of benzene rings is 2. The Labute approximate surface area is 210 Å². The third-order valence-corrected chi connectivity index (χ3v) is 6.26. The second-order valence-electron chi connectivity index (χ2n) is 7.42. The first-order valence-corrected chi connectivity index (χ1v) is 12.1. The third kappa shape index (κ3) is 5.89. The van der Waals surface area contributed by atoms with Gasteiger partial charge in [0.05, 0.1) is 12.0 Å². The van der Waals surface area contributed by atoms with Crippen LogP contribution in [0, 0.1) is 0 Å². The highest BCUT2D eigenvalue weighted by atomic mass is 79.9. The van der Waals surface area contributed by atoms with Crippen LogP contribution in [0.5, 0.6) is 0 Å². The van der Waals surface area contributed by atoms with Gasteiger partial charge in [0.25, 0.3) is 5.91 Å². The van der Waals surface area contributed by atoms with Crippen molar-refractivity contribution in [2.24, 2.45) is 5.10 Å². The van der Waals surface area contributed by atoms with Crippen molar-refractivity contribution in [3.05, 3.63) is 83.1 Å². The number of rotatable bonds is 8. The number of hydrogen-bond acceptors (Lipinski definition) is 7. The monoisotopic (exact) mass is 535 g/mol. The molecule has 2 aromatic carbocycles. The van der Waals surface area contributed by atoms with Crippen LogP contribution < -0.4 is 10.3 Å². The molecule has 0 aliphatic heterocycles. The standard InChI is InChI=1S/C24H22BrN7OS/c1-31(2)20-7-3-17(4-8-20)15-27-28-22(33)16-34-24-30-29-23(18-11-13-26-14-12-18)32(24)21-9-5-19(25)6-10-21/h3-15H,16H2,1-2H3,(H,28,33)/b27-15+. The van der Waals surface area contributed by atoms with E-state index in [1.165, 1.54) is 11.8 Å². The molecule has 0 aliphatic rings. The van der Waals surface area contributed by atoms with Crippen molar-refractivity contribution >= 4 is 45.5 Å². The van der Waals surface area contributed by atoms with Crippen molar-refractivity contribution in [1.29, 1.82) is 0 Å². The molecule has 4 rings (SSSR count). The minimum absolute atomic E-state index is 0.141. The lowest BCUT2D eigenvalue weighted by Crippen LogP contribution is -2.20. The number of nitrogens with one attached hydrogen (secondary N) is 1. The summed E-state index contributed by atoms with van der Waals surface area (Å²) in [6.45, 7) is 0. The van der Waals surface area contributed by atoms with E-state index in [-0.39, 0.29) is 11.7 Å². The maximum atomic E-state index is 12.4. The molecule has 0 bridgehead atoms. The summed E-state index contributed by atoms with van der Waals surface area (Å²) < 4.78 is 2.90. The van der Waals surface area contributed by atoms with E-state index in [1.54, 1.807) is 18.6 Å². The number of thioether (sulfide) groups is 1. The average Bonchev–Trinajstić information content (AvgIpc) is 3.28. The van der Waals surface area contributed by atoms with Crippen molar-refractivity contribution in [1.82, 2.24) is 25.2 Å². The Morgan fingerprint density at radius 1 is 1.06 bits per heavy atom. The predicted octanol–water partition coefficient (Wildman–Crippen LogP) is 4.40. The van der Waals surface area contributed by atoms with E-state index in [2.05, 4.69) is 41.6 Å². The van der Waals surface area contributed by atoms with E-state index in [0.29, 0.717) is 11.0 Å². The lowest BCUT2D eigenvalue weighted by molar-refractivity contribution is -0.118. The molecular weight excluding hydrogens is 514 g/mol. The molecule has 34 heavy (non-hydrogen) atoms. The SMILES string of the molecule is CN(C)c1ccc(/C=N/NC(=O)CSc2nnc(-c3ccncc3)n2-c2ccc(Br)cc2)cc1. The molecule has 1 amide bonds. The Morgan fingerprint density at radius 2 is 1.76 bits per heavy atom. The van der Waals surface area contributed by atoms with E-state index in [1.807, 2.05) is 84.2 Å². The smallest absolute Gasteiger partial charge is 0.250 e. The fraction of sp³-hybridized carbons (Fsp3) is 0.125. The number of pyridine rings is 1. The van der Waals surface area contributed by atoms with E-state index >= 15 is 0 Å². The maximum Gasteiger partial charge on any atom is 0.250 e. The summed E-state index contributed by atoms with van der Waals surface area (Å²) in [7, 11) is 3.97. The number of carbonyl (C=O) groups excluding carboxylic acids is 1.